The summed E-state index contributed by atoms with van der Waals surface area (Å²) >= 11 is 8.93. The Bertz CT molecular complexity index is 702. The largest absolute Gasteiger partial charge is 0.332 e. The normalized spacial score (nSPS) is 31.7. The topological polar surface area (TPSA) is 41.1 Å². The summed E-state index contributed by atoms with van der Waals surface area (Å²) in [5.74, 6) is 2.68. The van der Waals surface area contributed by atoms with Crippen LogP contribution in [0.2, 0.25) is 0 Å². The maximum absolute atomic E-state index is 12.7. The van der Waals surface area contributed by atoms with E-state index >= 15 is 0 Å². The molecule has 5 rings (SSSR count). The molecule has 0 aromatic heterocycles. The van der Waals surface area contributed by atoms with Crippen LogP contribution in [0.4, 0.5) is 5.69 Å². The summed E-state index contributed by atoms with van der Waals surface area (Å²) in [6.45, 7) is 4.08. The first-order valence-corrected chi connectivity index (χ1v) is 10.9. The molecule has 26 heavy (non-hydrogen) atoms. The Kier molecular flexibility index (Phi) is 4.89. The Hall–Kier alpha value is -0.940. The lowest BCUT2D eigenvalue weighted by atomic mass is 9.49. The molecule has 5 heteroatoms. The number of aryl methyl sites for hydroxylation is 2. The number of anilines is 1. The molecule has 2 N–H and O–H groups in total. The number of hydrogen-bond acceptors (Lipinski definition) is 2. The Morgan fingerprint density at radius 1 is 1.12 bits per heavy atom. The van der Waals surface area contributed by atoms with Gasteiger partial charge in [0, 0.05) is 16.6 Å². The van der Waals surface area contributed by atoms with Gasteiger partial charge in [-0.25, -0.2) is 0 Å². The summed E-state index contributed by atoms with van der Waals surface area (Å²) in [5, 5.41) is 6.58. The fraction of sp³-hybridized carbons (Fsp3) is 0.619. The summed E-state index contributed by atoms with van der Waals surface area (Å²) in [6.07, 6.45) is 8.60. The molecule has 0 spiro atoms. The summed E-state index contributed by atoms with van der Waals surface area (Å²) in [5.41, 5.74) is 3.44. The molecule has 1 aromatic carbocycles. The standard InChI is InChI=1S/C21H27BrN2OS/c1-12-3-17(22)4-13(2)19(12)24-20(26)23-18(25)11-21-8-14-5-15(9-21)7-16(6-14)10-21/h3-4,14-16H,5-11H2,1-2H3,(H2,23,24,25,26). The van der Waals surface area contributed by atoms with Crippen molar-refractivity contribution >= 4 is 44.9 Å². The monoisotopic (exact) mass is 434 g/mol. The Morgan fingerprint density at radius 3 is 2.12 bits per heavy atom. The van der Waals surface area contributed by atoms with Gasteiger partial charge in [0.25, 0.3) is 0 Å². The SMILES string of the molecule is Cc1cc(Br)cc(C)c1NC(=S)NC(=O)CC12CC3CC(CC(C3)C1)C2. The van der Waals surface area contributed by atoms with Gasteiger partial charge >= 0.3 is 0 Å². The second-order valence-corrected chi connectivity index (χ2v) is 10.3. The van der Waals surface area contributed by atoms with Crippen molar-refractivity contribution in [3.63, 3.8) is 0 Å². The zero-order valence-electron chi connectivity index (χ0n) is 15.5. The van der Waals surface area contributed by atoms with Crippen LogP contribution in [-0.2, 0) is 4.79 Å². The number of carbonyl (C=O) groups is 1. The van der Waals surface area contributed by atoms with Crippen LogP contribution in [0.25, 0.3) is 0 Å². The summed E-state index contributed by atoms with van der Waals surface area (Å²) in [6, 6.07) is 4.10. The van der Waals surface area contributed by atoms with Gasteiger partial charge in [0.05, 0.1) is 0 Å². The van der Waals surface area contributed by atoms with Crippen molar-refractivity contribution in [2.75, 3.05) is 5.32 Å². The van der Waals surface area contributed by atoms with E-state index in [0.29, 0.717) is 11.5 Å². The molecule has 4 aliphatic carbocycles. The van der Waals surface area contributed by atoms with E-state index in [1.807, 2.05) is 13.8 Å². The van der Waals surface area contributed by atoms with E-state index in [1.54, 1.807) is 0 Å². The van der Waals surface area contributed by atoms with Crippen molar-refractivity contribution in [2.45, 2.75) is 58.8 Å². The number of nitrogens with one attached hydrogen (secondary N) is 2. The minimum absolute atomic E-state index is 0.0804. The van der Waals surface area contributed by atoms with Crippen LogP contribution in [0.3, 0.4) is 0 Å². The van der Waals surface area contributed by atoms with Crippen molar-refractivity contribution < 1.29 is 4.79 Å². The van der Waals surface area contributed by atoms with Crippen LogP contribution in [0.1, 0.15) is 56.1 Å². The van der Waals surface area contributed by atoms with Crippen LogP contribution in [0, 0.1) is 37.0 Å². The third-order valence-corrected chi connectivity index (χ3v) is 7.35. The van der Waals surface area contributed by atoms with E-state index in [1.165, 1.54) is 38.5 Å². The predicted octanol–water partition coefficient (Wildman–Crippen LogP) is 5.49. The lowest BCUT2D eigenvalue weighted by molar-refractivity contribution is -0.127. The highest BCUT2D eigenvalue weighted by Gasteiger charge is 2.51. The molecule has 0 unspecified atom stereocenters. The van der Waals surface area contributed by atoms with E-state index < -0.39 is 0 Å². The molecular formula is C21H27BrN2OS. The average molecular weight is 435 g/mol. The minimum Gasteiger partial charge on any atom is -0.332 e. The van der Waals surface area contributed by atoms with Crippen molar-refractivity contribution in [1.82, 2.24) is 5.32 Å². The summed E-state index contributed by atoms with van der Waals surface area (Å²) < 4.78 is 1.05. The van der Waals surface area contributed by atoms with Crippen molar-refractivity contribution in [1.29, 1.82) is 0 Å². The van der Waals surface area contributed by atoms with Gasteiger partial charge in [-0.2, -0.15) is 0 Å². The van der Waals surface area contributed by atoms with Gasteiger partial charge in [-0.05, 0) is 111 Å². The molecule has 0 atom stereocenters. The van der Waals surface area contributed by atoms with Gasteiger partial charge < -0.3 is 10.6 Å². The fourth-order valence-electron chi connectivity index (χ4n) is 6.27. The average Bonchev–Trinajstić information content (AvgIpc) is 2.48. The molecule has 4 saturated carbocycles. The van der Waals surface area contributed by atoms with Gasteiger partial charge in [0.1, 0.15) is 0 Å². The van der Waals surface area contributed by atoms with Crippen molar-refractivity contribution in [2.24, 2.45) is 23.2 Å². The number of amides is 1. The molecule has 3 nitrogen and oxygen atoms in total. The lowest BCUT2D eigenvalue weighted by Gasteiger charge is -2.56. The highest BCUT2D eigenvalue weighted by Crippen LogP contribution is 2.61. The zero-order valence-corrected chi connectivity index (χ0v) is 17.9. The second-order valence-electron chi connectivity index (χ2n) is 9.01. The first kappa shape index (κ1) is 18.4. The van der Waals surface area contributed by atoms with Crippen LogP contribution < -0.4 is 10.6 Å². The number of carbonyl (C=O) groups excluding carboxylic acids is 1. The van der Waals surface area contributed by atoms with Crippen LogP contribution >= 0.6 is 28.1 Å². The van der Waals surface area contributed by atoms with Crippen molar-refractivity contribution in [3.05, 3.63) is 27.7 Å². The maximum atomic E-state index is 12.7. The predicted molar refractivity (Wildman–Crippen MR) is 113 cm³/mol. The third-order valence-electron chi connectivity index (χ3n) is 6.69. The second kappa shape index (κ2) is 6.90. The zero-order chi connectivity index (χ0) is 18.5. The van der Waals surface area contributed by atoms with Crippen LogP contribution in [0.15, 0.2) is 16.6 Å². The smallest absolute Gasteiger partial charge is 0.226 e. The molecule has 0 aliphatic heterocycles. The number of halogens is 1. The summed E-state index contributed by atoms with van der Waals surface area (Å²) in [7, 11) is 0. The van der Waals surface area contributed by atoms with Gasteiger partial charge in [-0.3, -0.25) is 4.79 Å². The molecule has 4 bridgehead atoms. The molecular weight excluding hydrogens is 408 g/mol. The Morgan fingerprint density at radius 2 is 1.62 bits per heavy atom. The highest BCUT2D eigenvalue weighted by molar-refractivity contribution is 9.10. The molecule has 4 aliphatic rings. The van der Waals surface area contributed by atoms with Crippen LogP contribution in [-0.4, -0.2) is 11.0 Å². The molecule has 4 fully saturated rings. The molecule has 1 amide bonds. The molecule has 140 valence electrons. The molecule has 1 aromatic rings. The number of thiocarbonyl (C=S) groups is 1. The van der Waals surface area contributed by atoms with Gasteiger partial charge in [-0.1, -0.05) is 15.9 Å². The first-order valence-electron chi connectivity index (χ1n) is 9.69. The van der Waals surface area contributed by atoms with Gasteiger partial charge in [0.15, 0.2) is 5.11 Å². The van der Waals surface area contributed by atoms with Gasteiger partial charge in [-0.15, -0.1) is 0 Å². The fourth-order valence-corrected chi connectivity index (χ4v) is 7.17. The first-order chi connectivity index (χ1) is 12.3. The highest BCUT2D eigenvalue weighted by atomic mass is 79.9. The third kappa shape index (κ3) is 3.70. The quantitative estimate of drug-likeness (QED) is 0.618. The Balaban J connectivity index is 1.37. The molecule has 0 heterocycles. The van der Waals surface area contributed by atoms with Gasteiger partial charge in [0.2, 0.25) is 5.91 Å². The summed E-state index contributed by atoms with van der Waals surface area (Å²) in [4.78, 5) is 12.7. The van der Waals surface area contributed by atoms with Crippen LogP contribution in [0.5, 0.6) is 0 Å². The Labute approximate surface area is 169 Å². The molecule has 0 radical (unpaired) electrons. The minimum atomic E-state index is 0.0804. The maximum Gasteiger partial charge on any atom is 0.226 e. The van der Waals surface area contributed by atoms with E-state index in [-0.39, 0.29) is 11.3 Å². The van der Waals surface area contributed by atoms with E-state index in [9.17, 15) is 4.79 Å². The molecule has 0 saturated heterocycles. The lowest BCUT2D eigenvalue weighted by Crippen LogP contribution is -2.48. The van der Waals surface area contributed by atoms with Crippen molar-refractivity contribution in [3.8, 4) is 0 Å². The number of rotatable bonds is 3. The number of benzene rings is 1. The van der Waals surface area contributed by atoms with E-state index in [2.05, 4.69) is 38.7 Å². The van der Waals surface area contributed by atoms with E-state index in [0.717, 1.165) is 39.0 Å². The number of hydrogen-bond donors (Lipinski definition) is 2. The van der Waals surface area contributed by atoms with E-state index in [4.69, 9.17) is 12.2 Å².